The summed E-state index contributed by atoms with van der Waals surface area (Å²) in [6, 6.07) is 0. The fourth-order valence-corrected chi connectivity index (χ4v) is 1.76. The minimum atomic E-state index is 0.144. The number of aromatic nitrogens is 1. The summed E-state index contributed by atoms with van der Waals surface area (Å²) in [6.07, 6.45) is 4.97. The third-order valence-electron chi connectivity index (χ3n) is 2.58. The standard InChI is InChI=1S/C11H18N2O2/c1-2-12-6-5-11-13-8-10(15-11)9-4-3-7-14-9/h8-9,12H,2-7H2,1H3. The smallest absolute Gasteiger partial charge is 0.195 e. The summed E-state index contributed by atoms with van der Waals surface area (Å²) >= 11 is 0. The largest absolute Gasteiger partial charge is 0.443 e. The molecule has 0 bridgehead atoms. The molecule has 4 heteroatoms. The molecule has 1 atom stereocenters. The summed E-state index contributed by atoms with van der Waals surface area (Å²) in [5.74, 6) is 1.69. The molecule has 0 aromatic carbocycles. The van der Waals surface area contributed by atoms with Crippen LogP contribution in [-0.2, 0) is 11.2 Å². The van der Waals surface area contributed by atoms with Crippen LogP contribution in [-0.4, -0.2) is 24.7 Å². The number of rotatable bonds is 5. The molecule has 0 saturated carbocycles. The molecule has 0 spiro atoms. The second-order valence-corrected chi connectivity index (χ2v) is 3.76. The molecule has 1 aromatic heterocycles. The van der Waals surface area contributed by atoms with Crippen molar-refractivity contribution in [3.05, 3.63) is 17.8 Å². The van der Waals surface area contributed by atoms with Gasteiger partial charge in [0.15, 0.2) is 11.7 Å². The highest BCUT2D eigenvalue weighted by atomic mass is 16.5. The van der Waals surface area contributed by atoms with E-state index >= 15 is 0 Å². The van der Waals surface area contributed by atoms with Gasteiger partial charge in [0, 0.05) is 19.6 Å². The van der Waals surface area contributed by atoms with E-state index in [-0.39, 0.29) is 6.10 Å². The molecular weight excluding hydrogens is 192 g/mol. The first-order valence-corrected chi connectivity index (χ1v) is 5.67. The van der Waals surface area contributed by atoms with E-state index in [9.17, 15) is 0 Å². The molecule has 0 aliphatic carbocycles. The molecule has 2 rings (SSSR count). The van der Waals surface area contributed by atoms with E-state index in [0.29, 0.717) is 0 Å². The molecule has 1 aliphatic heterocycles. The zero-order chi connectivity index (χ0) is 10.5. The van der Waals surface area contributed by atoms with Gasteiger partial charge in [-0.15, -0.1) is 0 Å². The first kappa shape index (κ1) is 10.6. The Kier molecular flexibility index (Phi) is 3.75. The molecule has 1 saturated heterocycles. The molecule has 0 radical (unpaired) electrons. The lowest BCUT2D eigenvalue weighted by molar-refractivity contribution is 0.0925. The van der Waals surface area contributed by atoms with E-state index in [1.165, 1.54) is 0 Å². The van der Waals surface area contributed by atoms with Crippen LogP contribution in [0.25, 0.3) is 0 Å². The highest BCUT2D eigenvalue weighted by molar-refractivity contribution is 5.00. The summed E-state index contributed by atoms with van der Waals surface area (Å²) in [6.45, 7) is 4.84. The summed E-state index contributed by atoms with van der Waals surface area (Å²) in [4.78, 5) is 4.25. The molecule has 2 heterocycles. The summed E-state index contributed by atoms with van der Waals surface area (Å²) in [7, 11) is 0. The van der Waals surface area contributed by atoms with Crippen LogP contribution in [0.1, 0.15) is 37.5 Å². The SMILES string of the molecule is CCNCCc1ncc(C2CCCO2)o1. The topological polar surface area (TPSA) is 47.3 Å². The van der Waals surface area contributed by atoms with Crippen molar-refractivity contribution in [3.63, 3.8) is 0 Å². The average Bonchev–Trinajstić information content (AvgIpc) is 2.87. The van der Waals surface area contributed by atoms with Crippen LogP contribution in [0.15, 0.2) is 10.6 Å². The van der Waals surface area contributed by atoms with Crippen molar-refractivity contribution in [2.45, 2.75) is 32.3 Å². The van der Waals surface area contributed by atoms with Crippen LogP contribution in [0.4, 0.5) is 0 Å². The molecule has 1 aromatic rings. The van der Waals surface area contributed by atoms with E-state index in [4.69, 9.17) is 9.15 Å². The Morgan fingerprint density at radius 3 is 3.27 bits per heavy atom. The van der Waals surface area contributed by atoms with Crippen molar-refractivity contribution in [2.24, 2.45) is 0 Å². The third kappa shape index (κ3) is 2.79. The molecule has 1 aliphatic rings. The second kappa shape index (κ2) is 5.28. The lowest BCUT2D eigenvalue weighted by Crippen LogP contribution is -2.16. The predicted molar refractivity (Wildman–Crippen MR) is 56.7 cm³/mol. The van der Waals surface area contributed by atoms with Gasteiger partial charge in [-0.05, 0) is 19.4 Å². The highest BCUT2D eigenvalue weighted by Gasteiger charge is 2.21. The van der Waals surface area contributed by atoms with Crippen LogP contribution < -0.4 is 5.32 Å². The second-order valence-electron chi connectivity index (χ2n) is 3.76. The van der Waals surface area contributed by atoms with Gasteiger partial charge in [0.1, 0.15) is 6.10 Å². The fraction of sp³-hybridized carbons (Fsp3) is 0.727. The molecule has 0 amide bonds. The number of nitrogens with zero attached hydrogens (tertiary/aromatic N) is 1. The van der Waals surface area contributed by atoms with Gasteiger partial charge in [0.2, 0.25) is 0 Å². The maximum absolute atomic E-state index is 5.64. The van der Waals surface area contributed by atoms with E-state index < -0.39 is 0 Å². The molecule has 4 nitrogen and oxygen atoms in total. The van der Waals surface area contributed by atoms with Gasteiger partial charge in [-0.2, -0.15) is 0 Å². The normalized spacial score (nSPS) is 21.0. The number of ether oxygens (including phenoxy) is 1. The summed E-state index contributed by atoms with van der Waals surface area (Å²) in [5.41, 5.74) is 0. The zero-order valence-electron chi connectivity index (χ0n) is 9.16. The minimum Gasteiger partial charge on any atom is -0.443 e. The molecule has 84 valence electrons. The van der Waals surface area contributed by atoms with Crippen molar-refractivity contribution in [3.8, 4) is 0 Å². The van der Waals surface area contributed by atoms with Crippen molar-refractivity contribution in [1.82, 2.24) is 10.3 Å². The zero-order valence-corrected chi connectivity index (χ0v) is 9.16. The van der Waals surface area contributed by atoms with Gasteiger partial charge in [-0.1, -0.05) is 6.92 Å². The van der Waals surface area contributed by atoms with Crippen molar-refractivity contribution in [2.75, 3.05) is 19.7 Å². The Hall–Kier alpha value is -0.870. The molecule has 1 fully saturated rings. The van der Waals surface area contributed by atoms with Crippen molar-refractivity contribution < 1.29 is 9.15 Å². The van der Waals surface area contributed by atoms with Gasteiger partial charge >= 0.3 is 0 Å². The van der Waals surface area contributed by atoms with Gasteiger partial charge in [0.25, 0.3) is 0 Å². The third-order valence-corrected chi connectivity index (χ3v) is 2.58. The number of hydrogen-bond acceptors (Lipinski definition) is 4. The van der Waals surface area contributed by atoms with Crippen LogP contribution in [0.3, 0.4) is 0 Å². The lowest BCUT2D eigenvalue weighted by atomic mass is 10.2. The summed E-state index contributed by atoms with van der Waals surface area (Å²) < 4.78 is 11.2. The minimum absolute atomic E-state index is 0.144. The van der Waals surface area contributed by atoms with E-state index in [0.717, 1.165) is 50.6 Å². The van der Waals surface area contributed by atoms with E-state index in [1.54, 1.807) is 6.20 Å². The van der Waals surface area contributed by atoms with Crippen LogP contribution in [0.2, 0.25) is 0 Å². The predicted octanol–water partition coefficient (Wildman–Crippen LogP) is 1.68. The molecular formula is C11H18N2O2. The monoisotopic (exact) mass is 210 g/mol. The Bertz CT molecular complexity index is 293. The van der Waals surface area contributed by atoms with Gasteiger partial charge in [-0.25, -0.2) is 4.98 Å². The Morgan fingerprint density at radius 1 is 1.60 bits per heavy atom. The molecule has 15 heavy (non-hydrogen) atoms. The van der Waals surface area contributed by atoms with Crippen LogP contribution >= 0.6 is 0 Å². The van der Waals surface area contributed by atoms with E-state index in [2.05, 4.69) is 17.2 Å². The summed E-state index contributed by atoms with van der Waals surface area (Å²) in [5, 5.41) is 3.24. The molecule has 1 unspecified atom stereocenters. The number of hydrogen-bond donors (Lipinski definition) is 1. The quantitative estimate of drug-likeness (QED) is 0.751. The van der Waals surface area contributed by atoms with Crippen LogP contribution in [0, 0.1) is 0 Å². The van der Waals surface area contributed by atoms with Gasteiger partial charge in [0.05, 0.1) is 6.20 Å². The first-order valence-electron chi connectivity index (χ1n) is 5.67. The Labute approximate surface area is 90.0 Å². The highest BCUT2D eigenvalue weighted by Crippen LogP contribution is 2.28. The van der Waals surface area contributed by atoms with Crippen LogP contribution in [0.5, 0.6) is 0 Å². The average molecular weight is 210 g/mol. The van der Waals surface area contributed by atoms with Gasteiger partial charge < -0.3 is 14.5 Å². The molecule has 1 N–H and O–H groups in total. The maximum atomic E-state index is 5.64. The lowest BCUT2D eigenvalue weighted by Gasteiger charge is -2.03. The Morgan fingerprint density at radius 2 is 2.53 bits per heavy atom. The fourth-order valence-electron chi connectivity index (χ4n) is 1.76. The number of likely N-dealkylation sites (N-methyl/N-ethyl adjacent to an activating group) is 1. The van der Waals surface area contributed by atoms with Gasteiger partial charge in [-0.3, -0.25) is 0 Å². The first-order chi connectivity index (χ1) is 7.40. The maximum Gasteiger partial charge on any atom is 0.195 e. The van der Waals surface area contributed by atoms with Crippen molar-refractivity contribution in [1.29, 1.82) is 0 Å². The Balaban J connectivity index is 1.86. The van der Waals surface area contributed by atoms with E-state index in [1.807, 2.05) is 0 Å². The van der Waals surface area contributed by atoms with Crippen molar-refractivity contribution >= 4 is 0 Å². The number of oxazole rings is 1. The number of nitrogens with one attached hydrogen (secondary N) is 1.